The molecule has 7 heteroatoms. The van der Waals surface area contributed by atoms with E-state index < -0.39 is 15.8 Å². The Morgan fingerprint density at radius 1 is 1.32 bits per heavy atom. The number of sulfonamides is 1. The Bertz CT molecular complexity index is 678. The van der Waals surface area contributed by atoms with Gasteiger partial charge in [-0.05, 0) is 37.3 Å². The van der Waals surface area contributed by atoms with Crippen molar-refractivity contribution in [1.82, 2.24) is 0 Å². The maximum atomic E-state index is 12.8. The second kappa shape index (κ2) is 5.28. The van der Waals surface area contributed by atoms with Gasteiger partial charge in [0.05, 0.1) is 6.61 Å². The Balaban J connectivity index is 2.31. The highest BCUT2D eigenvalue weighted by Crippen LogP contribution is 2.27. The van der Waals surface area contributed by atoms with Crippen LogP contribution < -0.4 is 4.72 Å². The molecule has 1 aromatic carbocycles. The number of hydrogen-bond donors (Lipinski definition) is 2. The van der Waals surface area contributed by atoms with Crippen molar-refractivity contribution in [3.63, 3.8) is 0 Å². The highest BCUT2D eigenvalue weighted by atomic mass is 32.2. The molecule has 0 bridgehead atoms. The van der Waals surface area contributed by atoms with Crippen molar-refractivity contribution in [1.29, 1.82) is 0 Å². The van der Waals surface area contributed by atoms with Crippen LogP contribution >= 0.6 is 11.3 Å². The lowest BCUT2D eigenvalue weighted by atomic mass is 10.3. The van der Waals surface area contributed by atoms with Crippen LogP contribution in [0.25, 0.3) is 0 Å². The summed E-state index contributed by atoms with van der Waals surface area (Å²) in [6, 6.07) is 6.49. The van der Waals surface area contributed by atoms with Gasteiger partial charge in [0, 0.05) is 15.4 Å². The molecule has 0 radical (unpaired) electrons. The largest absolute Gasteiger partial charge is 0.391 e. The van der Waals surface area contributed by atoms with Crippen LogP contribution in [0.3, 0.4) is 0 Å². The van der Waals surface area contributed by atoms with Crippen molar-refractivity contribution in [3.8, 4) is 0 Å². The average Bonchev–Trinajstić information content (AvgIpc) is 2.74. The standard InChI is InChI=1S/C12H12FNO3S2/c1-8-12(6-11(7-15)18-8)19(16,17)14-10-4-2-9(13)3-5-10/h2-6,14-15H,7H2,1H3. The molecule has 0 saturated heterocycles. The molecule has 0 amide bonds. The molecule has 0 atom stereocenters. The van der Waals surface area contributed by atoms with E-state index in [1.54, 1.807) is 6.92 Å². The predicted octanol–water partition coefficient (Wildman–Crippen LogP) is 2.49. The normalized spacial score (nSPS) is 11.5. The van der Waals surface area contributed by atoms with Crippen LogP contribution in [0.1, 0.15) is 9.75 Å². The zero-order valence-corrected chi connectivity index (χ0v) is 11.7. The second-order valence-electron chi connectivity index (χ2n) is 3.90. The molecule has 1 aromatic heterocycles. The van der Waals surface area contributed by atoms with Crippen LogP contribution in [0.5, 0.6) is 0 Å². The fourth-order valence-corrected chi connectivity index (χ4v) is 4.15. The molecule has 0 aliphatic carbocycles. The lowest BCUT2D eigenvalue weighted by Crippen LogP contribution is -2.13. The van der Waals surface area contributed by atoms with E-state index in [0.717, 1.165) is 0 Å². The fraction of sp³-hybridized carbons (Fsp3) is 0.167. The van der Waals surface area contributed by atoms with Gasteiger partial charge in [-0.3, -0.25) is 4.72 Å². The smallest absolute Gasteiger partial charge is 0.263 e. The predicted molar refractivity (Wildman–Crippen MR) is 72.2 cm³/mol. The van der Waals surface area contributed by atoms with Crippen LogP contribution in [-0.4, -0.2) is 13.5 Å². The third-order valence-corrected chi connectivity index (χ3v) is 5.14. The monoisotopic (exact) mass is 301 g/mol. The van der Waals surface area contributed by atoms with E-state index in [9.17, 15) is 12.8 Å². The zero-order valence-electron chi connectivity index (χ0n) is 10.1. The van der Waals surface area contributed by atoms with Crippen LogP contribution in [0.15, 0.2) is 35.2 Å². The number of aliphatic hydroxyl groups is 1. The highest BCUT2D eigenvalue weighted by molar-refractivity contribution is 7.93. The van der Waals surface area contributed by atoms with E-state index in [1.807, 2.05) is 0 Å². The van der Waals surface area contributed by atoms with Gasteiger partial charge in [0.25, 0.3) is 10.0 Å². The number of aliphatic hydroxyl groups excluding tert-OH is 1. The fourth-order valence-electron chi connectivity index (χ4n) is 1.60. The Kier molecular flexibility index (Phi) is 3.88. The van der Waals surface area contributed by atoms with Crippen LogP contribution in [0.2, 0.25) is 0 Å². The molecular weight excluding hydrogens is 289 g/mol. The first-order valence-electron chi connectivity index (χ1n) is 5.41. The number of rotatable bonds is 4. The molecule has 0 spiro atoms. The van der Waals surface area contributed by atoms with E-state index in [4.69, 9.17) is 5.11 Å². The molecule has 1 heterocycles. The van der Waals surface area contributed by atoms with Crippen molar-refractivity contribution in [2.45, 2.75) is 18.4 Å². The summed E-state index contributed by atoms with van der Waals surface area (Å²) in [6.45, 7) is 1.47. The van der Waals surface area contributed by atoms with E-state index in [2.05, 4.69) is 4.72 Å². The van der Waals surface area contributed by atoms with Crippen molar-refractivity contribution in [2.24, 2.45) is 0 Å². The molecular formula is C12H12FNO3S2. The summed E-state index contributed by atoms with van der Waals surface area (Å²) in [5, 5.41) is 9.01. The molecule has 0 aliphatic rings. The minimum absolute atomic E-state index is 0.130. The van der Waals surface area contributed by atoms with Crippen molar-refractivity contribution < 1.29 is 17.9 Å². The Labute approximate surface area is 114 Å². The van der Waals surface area contributed by atoms with Crippen molar-refractivity contribution in [3.05, 3.63) is 45.9 Å². The highest BCUT2D eigenvalue weighted by Gasteiger charge is 2.19. The Hall–Kier alpha value is -1.44. The van der Waals surface area contributed by atoms with E-state index in [1.165, 1.54) is 41.7 Å². The van der Waals surface area contributed by atoms with Crippen molar-refractivity contribution in [2.75, 3.05) is 4.72 Å². The summed E-state index contributed by atoms with van der Waals surface area (Å²) in [5.74, 6) is -0.433. The van der Waals surface area contributed by atoms with Gasteiger partial charge in [-0.2, -0.15) is 0 Å². The summed E-state index contributed by atoms with van der Waals surface area (Å²) >= 11 is 1.23. The second-order valence-corrected chi connectivity index (χ2v) is 6.90. The molecule has 0 saturated carbocycles. The summed E-state index contributed by atoms with van der Waals surface area (Å²) < 4.78 is 39.4. The lowest BCUT2D eigenvalue weighted by Gasteiger charge is -2.07. The van der Waals surface area contributed by atoms with E-state index in [0.29, 0.717) is 9.75 Å². The summed E-state index contributed by atoms with van der Waals surface area (Å²) in [6.07, 6.45) is 0. The van der Waals surface area contributed by atoms with Gasteiger partial charge in [-0.25, -0.2) is 12.8 Å². The third kappa shape index (κ3) is 3.12. The third-order valence-electron chi connectivity index (χ3n) is 2.47. The topological polar surface area (TPSA) is 66.4 Å². The number of anilines is 1. The first kappa shape index (κ1) is 14.0. The molecule has 0 fully saturated rings. The SMILES string of the molecule is Cc1sc(CO)cc1S(=O)(=O)Nc1ccc(F)cc1. The molecule has 2 N–H and O–H groups in total. The summed E-state index contributed by atoms with van der Waals surface area (Å²) in [7, 11) is -3.72. The first-order valence-corrected chi connectivity index (χ1v) is 7.71. The number of nitrogens with one attached hydrogen (secondary N) is 1. The number of halogens is 1. The number of hydrogen-bond acceptors (Lipinski definition) is 4. The number of benzene rings is 1. The molecule has 0 aliphatic heterocycles. The van der Waals surface area contributed by atoms with Crippen LogP contribution in [0.4, 0.5) is 10.1 Å². The van der Waals surface area contributed by atoms with E-state index >= 15 is 0 Å². The van der Waals surface area contributed by atoms with E-state index in [-0.39, 0.29) is 17.2 Å². The molecule has 2 rings (SSSR count). The van der Waals surface area contributed by atoms with Gasteiger partial charge < -0.3 is 5.11 Å². The van der Waals surface area contributed by atoms with Gasteiger partial charge in [-0.15, -0.1) is 11.3 Å². The minimum atomic E-state index is -3.72. The Morgan fingerprint density at radius 3 is 2.47 bits per heavy atom. The van der Waals surface area contributed by atoms with Crippen LogP contribution in [0, 0.1) is 12.7 Å². The zero-order chi connectivity index (χ0) is 14.0. The summed E-state index contributed by atoms with van der Waals surface area (Å²) in [5.41, 5.74) is 0.289. The number of aryl methyl sites for hydroxylation is 1. The van der Waals surface area contributed by atoms with Crippen molar-refractivity contribution >= 4 is 27.0 Å². The lowest BCUT2D eigenvalue weighted by molar-refractivity contribution is 0.285. The quantitative estimate of drug-likeness (QED) is 0.912. The Morgan fingerprint density at radius 2 is 1.95 bits per heavy atom. The minimum Gasteiger partial charge on any atom is -0.391 e. The summed E-state index contributed by atoms with van der Waals surface area (Å²) in [4.78, 5) is 1.31. The molecule has 4 nitrogen and oxygen atoms in total. The first-order chi connectivity index (χ1) is 8.92. The maximum Gasteiger partial charge on any atom is 0.263 e. The molecule has 19 heavy (non-hydrogen) atoms. The maximum absolute atomic E-state index is 12.8. The molecule has 2 aromatic rings. The van der Waals surface area contributed by atoms with Gasteiger partial charge in [0.2, 0.25) is 0 Å². The van der Waals surface area contributed by atoms with Gasteiger partial charge >= 0.3 is 0 Å². The number of thiophene rings is 1. The molecule has 0 unspecified atom stereocenters. The van der Waals surface area contributed by atoms with Crippen LogP contribution in [-0.2, 0) is 16.6 Å². The van der Waals surface area contributed by atoms with Gasteiger partial charge in [0.15, 0.2) is 0 Å². The average molecular weight is 301 g/mol. The van der Waals surface area contributed by atoms with Gasteiger partial charge in [0.1, 0.15) is 10.7 Å². The van der Waals surface area contributed by atoms with Gasteiger partial charge in [-0.1, -0.05) is 0 Å². The molecule has 102 valence electrons.